The van der Waals surface area contributed by atoms with Crippen molar-refractivity contribution < 1.29 is 0 Å². The molecule has 4 aromatic heterocycles. The van der Waals surface area contributed by atoms with Gasteiger partial charge >= 0.3 is 0 Å². The van der Waals surface area contributed by atoms with E-state index >= 15 is 0 Å². The quantitative estimate of drug-likeness (QED) is 0.580. The molecule has 0 amide bonds. The van der Waals surface area contributed by atoms with Gasteiger partial charge in [0.15, 0.2) is 0 Å². The zero-order valence-corrected chi connectivity index (χ0v) is 15.7. The van der Waals surface area contributed by atoms with Crippen molar-refractivity contribution in [1.29, 1.82) is 0 Å². The number of fused-ring (bicyclic) bond motifs is 1. The highest BCUT2D eigenvalue weighted by atomic mass is 15.3. The molecule has 5 heterocycles. The van der Waals surface area contributed by atoms with Crippen LogP contribution in [-0.4, -0.2) is 45.7 Å². The fourth-order valence-corrected chi connectivity index (χ4v) is 3.93. The summed E-state index contributed by atoms with van der Waals surface area (Å²) in [5.41, 5.74) is 4.60. The van der Waals surface area contributed by atoms with Gasteiger partial charge in [0.1, 0.15) is 0 Å². The van der Waals surface area contributed by atoms with Crippen LogP contribution in [0.2, 0.25) is 0 Å². The summed E-state index contributed by atoms with van der Waals surface area (Å²) in [6, 6.07) is 6.03. The molecule has 1 N–H and O–H groups in total. The molecule has 28 heavy (non-hydrogen) atoms. The largest absolute Gasteiger partial charge is 0.348 e. The molecular formula is C20H22N8. The molecule has 0 aromatic carbocycles. The average Bonchev–Trinajstić information content (AvgIpc) is 3.49. The zero-order valence-electron chi connectivity index (χ0n) is 15.7. The van der Waals surface area contributed by atoms with Gasteiger partial charge in [-0.15, -0.1) is 0 Å². The Bertz CT molecular complexity index is 1060. The van der Waals surface area contributed by atoms with E-state index in [0.717, 1.165) is 37.4 Å². The van der Waals surface area contributed by atoms with Gasteiger partial charge in [0.05, 0.1) is 24.3 Å². The second-order valence-electron chi connectivity index (χ2n) is 6.95. The Morgan fingerprint density at radius 1 is 1.18 bits per heavy atom. The summed E-state index contributed by atoms with van der Waals surface area (Å²) in [5, 5.41) is 4.43. The first-order chi connectivity index (χ1) is 13.8. The molecule has 8 heteroatoms. The summed E-state index contributed by atoms with van der Waals surface area (Å²) in [7, 11) is 0. The highest BCUT2D eigenvalue weighted by Gasteiger charge is 2.33. The van der Waals surface area contributed by atoms with Gasteiger partial charge in [0.2, 0.25) is 5.95 Å². The average molecular weight is 374 g/mol. The normalized spacial score (nSPS) is 17.0. The van der Waals surface area contributed by atoms with Crippen LogP contribution in [0.25, 0.3) is 5.95 Å². The number of nitrogens with zero attached hydrogens (tertiary/aromatic N) is 7. The molecule has 1 aliphatic heterocycles. The molecule has 0 radical (unpaired) electrons. The lowest BCUT2D eigenvalue weighted by atomic mass is 9.99. The summed E-state index contributed by atoms with van der Waals surface area (Å²) < 4.78 is 4.02. The zero-order chi connectivity index (χ0) is 18.9. The van der Waals surface area contributed by atoms with Crippen molar-refractivity contribution >= 4 is 0 Å². The summed E-state index contributed by atoms with van der Waals surface area (Å²) in [6.07, 6.45) is 12.4. The molecule has 142 valence electrons. The third-order valence-corrected chi connectivity index (χ3v) is 5.25. The SMILES string of the molecule is CCn1cc(CN2CCc3[nH]cnc3[C@@H]2c2cccn2-c2ncccn2)cn1. The Kier molecular flexibility index (Phi) is 4.25. The number of nitrogens with one attached hydrogen (secondary N) is 1. The first-order valence-corrected chi connectivity index (χ1v) is 9.55. The molecule has 8 nitrogen and oxygen atoms in total. The van der Waals surface area contributed by atoms with Crippen LogP contribution in [0.3, 0.4) is 0 Å². The highest BCUT2D eigenvalue weighted by Crippen LogP contribution is 2.35. The van der Waals surface area contributed by atoms with Crippen LogP contribution in [0.1, 0.15) is 35.6 Å². The minimum Gasteiger partial charge on any atom is -0.348 e. The van der Waals surface area contributed by atoms with Gasteiger partial charge in [0.25, 0.3) is 0 Å². The summed E-state index contributed by atoms with van der Waals surface area (Å²) in [4.78, 5) is 19.3. The van der Waals surface area contributed by atoms with E-state index in [-0.39, 0.29) is 6.04 Å². The van der Waals surface area contributed by atoms with Crippen molar-refractivity contribution in [2.45, 2.75) is 32.5 Å². The predicted molar refractivity (Wildman–Crippen MR) is 104 cm³/mol. The van der Waals surface area contributed by atoms with Gasteiger partial charge in [-0.1, -0.05) is 0 Å². The lowest BCUT2D eigenvalue weighted by Gasteiger charge is -2.35. The van der Waals surface area contributed by atoms with Gasteiger partial charge < -0.3 is 4.98 Å². The number of aromatic amines is 1. The lowest BCUT2D eigenvalue weighted by Crippen LogP contribution is -2.36. The summed E-state index contributed by atoms with van der Waals surface area (Å²) in [5.74, 6) is 0.670. The van der Waals surface area contributed by atoms with Gasteiger partial charge in [-0.25, -0.2) is 15.0 Å². The highest BCUT2D eigenvalue weighted by molar-refractivity contribution is 5.33. The maximum Gasteiger partial charge on any atom is 0.233 e. The molecular weight excluding hydrogens is 352 g/mol. The molecule has 0 fully saturated rings. The van der Waals surface area contributed by atoms with E-state index in [1.165, 1.54) is 11.3 Å². The smallest absolute Gasteiger partial charge is 0.233 e. The number of H-pyrrole nitrogens is 1. The Hall–Kier alpha value is -3.26. The van der Waals surface area contributed by atoms with Crippen LogP contribution < -0.4 is 0 Å². The number of aryl methyl sites for hydroxylation is 1. The van der Waals surface area contributed by atoms with Crippen LogP contribution in [0.5, 0.6) is 0 Å². The second kappa shape index (κ2) is 7.05. The third kappa shape index (κ3) is 2.91. The van der Waals surface area contributed by atoms with Crippen molar-refractivity contribution in [3.8, 4) is 5.95 Å². The number of aromatic nitrogens is 7. The third-order valence-electron chi connectivity index (χ3n) is 5.25. The first-order valence-electron chi connectivity index (χ1n) is 9.55. The Morgan fingerprint density at radius 3 is 2.89 bits per heavy atom. The minimum absolute atomic E-state index is 0.0267. The number of hydrogen-bond acceptors (Lipinski definition) is 5. The monoisotopic (exact) mass is 374 g/mol. The number of hydrogen-bond donors (Lipinski definition) is 1. The van der Waals surface area contributed by atoms with Crippen molar-refractivity contribution in [2.24, 2.45) is 0 Å². The van der Waals surface area contributed by atoms with Crippen LogP contribution in [0, 0.1) is 0 Å². The van der Waals surface area contributed by atoms with Gasteiger partial charge in [0, 0.05) is 67.8 Å². The Morgan fingerprint density at radius 2 is 2.07 bits per heavy atom. The lowest BCUT2D eigenvalue weighted by molar-refractivity contribution is 0.195. The molecule has 5 rings (SSSR count). The minimum atomic E-state index is 0.0267. The van der Waals surface area contributed by atoms with Crippen molar-refractivity contribution in [3.05, 3.63) is 78.2 Å². The van der Waals surface area contributed by atoms with E-state index in [1.54, 1.807) is 18.7 Å². The fraction of sp³-hybridized carbons (Fsp3) is 0.300. The molecule has 4 aromatic rings. The van der Waals surface area contributed by atoms with E-state index < -0.39 is 0 Å². The molecule has 0 unspecified atom stereocenters. The van der Waals surface area contributed by atoms with Gasteiger partial charge in [-0.2, -0.15) is 5.10 Å². The molecule has 1 aliphatic rings. The molecule has 0 bridgehead atoms. The Balaban J connectivity index is 1.55. The summed E-state index contributed by atoms with van der Waals surface area (Å²) >= 11 is 0. The molecule has 0 saturated heterocycles. The number of imidazole rings is 1. The van der Waals surface area contributed by atoms with E-state index in [4.69, 9.17) is 0 Å². The Labute approximate surface area is 162 Å². The van der Waals surface area contributed by atoms with Crippen molar-refractivity contribution in [1.82, 2.24) is 39.2 Å². The van der Waals surface area contributed by atoms with Gasteiger partial charge in [-0.05, 0) is 25.1 Å². The van der Waals surface area contributed by atoms with Crippen LogP contribution in [0.15, 0.2) is 55.5 Å². The maximum absolute atomic E-state index is 4.67. The molecule has 1 atom stereocenters. The first kappa shape index (κ1) is 16.9. The predicted octanol–water partition coefficient (Wildman–Crippen LogP) is 2.35. The van der Waals surface area contributed by atoms with E-state index in [1.807, 2.05) is 29.2 Å². The van der Waals surface area contributed by atoms with E-state index in [0.29, 0.717) is 5.95 Å². The standard InChI is InChI=1S/C20H22N8/c1-2-27-13-15(11-25-27)12-26-10-6-16-18(24-14-23-16)19(26)17-5-3-9-28(17)20-21-7-4-8-22-20/h3-5,7-9,11,13-14,19H,2,6,10,12H2,1H3,(H,23,24)/t19-/m0/s1. The molecule has 0 aliphatic carbocycles. The van der Waals surface area contributed by atoms with E-state index in [2.05, 4.69) is 53.7 Å². The van der Waals surface area contributed by atoms with Crippen LogP contribution in [0.4, 0.5) is 0 Å². The topological polar surface area (TPSA) is 80.5 Å². The van der Waals surface area contributed by atoms with Crippen molar-refractivity contribution in [2.75, 3.05) is 6.54 Å². The summed E-state index contributed by atoms with van der Waals surface area (Å²) in [6.45, 7) is 4.74. The number of rotatable bonds is 5. The van der Waals surface area contributed by atoms with Crippen molar-refractivity contribution in [3.63, 3.8) is 0 Å². The van der Waals surface area contributed by atoms with Crippen LogP contribution in [-0.2, 0) is 19.5 Å². The maximum atomic E-state index is 4.67. The molecule has 0 saturated carbocycles. The van der Waals surface area contributed by atoms with E-state index in [9.17, 15) is 0 Å². The van der Waals surface area contributed by atoms with Crippen LogP contribution >= 0.6 is 0 Å². The second-order valence-corrected chi connectivity index (χ2v) is 6.95. The fourth-order valence-electron chi connectivity index (χ4n) is 3.93. The van der Waals surface area contributed by atoms with Gasteiger partial charge in [-0.3, -0.25) is 14.1 Å². The molecule has 0 spiro atoms.